The van der Waals surface area contributed by atoms with E-state index in [9.17, 15) is 18.0 Å². The van der Waals surface area contributed by atoms with Crippen molar-refractivity contribution in [1.82, 2.24) is 14.8 Å². The summed E-state index contributed by atoms with van der Waals surface area (Å²) in [5.41, 5.74) is -0.0760. The molecule has 31 heavy (non-hydrogen) atoms. The topological polar surface area (TPSA) is 59.8 Å². The molecule has 1 aliphatic rings. The van der Waals surface area contributed by atoms with Crippen molar-refractivity contribution in [3.63, 3.8) is 0 Å². The van der Waals surface area contributed by atoms with Gasteiger partial charge < -0.3 is 5.32 Å². The zero-order valence-corrected chi connectivity index (χ0v) is 17.9. The van der Waals surface area contributed by atoms with Crippen LogP contribution in [0.3, 0.4) is 0 Å². The molecule has 1 amide bonds. The number of halogens is 4. The second-order valence-electron chi connectivity index (χ2n) is 7.23. The van der Waals surface area contributed by atoms with Crippen LogP contribution < -0.4 is 5.32 Å². The smallest absolute Gasteiger partial charge is 0.324 e. The van der Waals surface area contributed by atoms with E-state index >= 15 is 0 Å². The summed E-state index contributed by atoms with van der Waals surface area (Å²) in [6.45, 7) is 1.66. The van der Waals surface area contributed by atoms with Crippen molar-refractivity contribution in [2.45, 2.75) is 42.3 Å². The highest BCUT2D eigenvalue weighted by Gasteiger charge is 2.33. The summed E-state index contributed by atoms with van der Waals surface area (Å²) in [6, 6.07) is 12.4. The summed E-state index contributed by atoms with van der Waals surface area (Å²) in [5.74, 6) is 0.708. The number of nitrogens with one attached hydrogen (secondary N) is 1. The fourth-order valence-electron chi connectivity index (χ4n) is 3.03. The van der Waals surface area contributed by atoms with Crippen molar-refractivity contribution >= 4 is 35.0 Å². The molecule has 10 heteroatoms. The molecule has 1 aliphatic carbocycles. The number of carbonyl (C=O) groups is 1. The van der Waals surface area contributed by atoms with E-state index in [1.54, 1.807) is 6.92 Å². The molecule has 1 fully saturated rings. The predicted molar refractivity (Wildman–Crippen MR) is 114 cm³/mol. The van der Waals surface area contributed by atoms with Crippen molar-refractivity contribution < 1.29 is 18.0 Å². The molecule has 2 aromatic carbocycles. The highest BCUT2D eigenvalue weighted by Crippen LogP contribution is 2.41. The highest BCUT2D eigenvalue weighted by molar-refractivity contribution is 8.00. The van der Waals surface area contributed by atoms with Gasteiger partial charge in [-0.05, 0) is 50.1 Å². The molecule has 4 rings (SSSR count). The Morgan fingerprint density at radius 3 is 2.55 bits per heavy atom. The van der Waals surface area contributed by atoms with Crippen LogP contribution in [0.25, 0.3) is 5.69 Å². The van der Waals surface area contributed by atoms with Crippen molar-refractivity contribution in [2.75, 3.05) is 5.32 Å². The molecule has 0 bridgehead atoms. The molecule has 1 heterocycles. The first-order valence-corrected chi connectivity index (χ1v) is 10.8. The lowest BCUT2D eigenvalue weighted by molar-refractivity contribution is -0.137. The average Bonchev–Trinajstić information content (AvgIpc) is 3.49. The van der Waals surface area contributed by atoms with Crippen molar-refractivity contribution in [1.29, 1.82) is 0 Å². The zero-order chi connectivity index (χ0) is 22.2. The van der Waals surface area contributed by atoms with E-state index in [2.05, 4.69) is 15.5 Å². The monoisotopic (exact) mass is 466 g/mol. The van der Waals surface area contributed by atoms with Gasteiger partial charge >= 0.3 is 6.18 Å². The van der Waals surface area contributed by atoms with Crippen molar-refractivity contribution in [3.8, 4) is 5.69 Å². The molecule has 3 aromatic rings. The maximum absolute atomic E-state index is 13.0. The van der Waals surface area contributed by atoms with E-state index < -0.39 is 22.9 Å². The second-order valence-corrected chi connectivity index (χ2v) is 8.94. The van der Waals surface area contributed by atoms with Crippen LogP contribution in [0.4, 0.5) is 18.9 Å². The molecule has 1 saturated carbocycles. The molecule has 0 radical (unpaired) electrons. The van der Waals surface area contributed by atoms with Crippen LogP contribution in [-0.2, 0) is 11.0 Å². The Bertz CT molecular complexity index is 1100. The number of aromatic nitrogens is 3. The lowest BCUT2D eigenvalue weighted by Gasteiger charge is -2.15. The Morgan fingerprint density at radius 2 is 1.90 bits per heavy atom. The predicted octanol–water partition coefficient (Wildman–Crippen LogP) is 5.94. The van der Waals surface area contributed by atoms with Crippen LogP contribution in [0.1, 0.15) is 37.1 Å². The van der Waals surface area contributed by atoms with Crippen LogP contribution in [0.15, 0.2) is 53.7 Å². The molecule has 162 valence electrons. The Labute approximate surface area is 186 Å². The third kappa shape index (κ3) is 4.88. The molecular formula is C21H18ClF3N4OS. The number of benzene rings is 2. The van der Waals surface area contributed by atoms with Gasteiger partial charge in [0, 0.05) is 11.6 Å². The number of thioether (sulfide) groups is 1. The first-order valence-electron chi connectivity index (χ1n) is 9.59. The minimum atomic E-state index is -4.53. The van der Waals surface area contributed by atoms with Crippen LogP contribution in [-0.4, -0.2) is 25.9 Å². The lowest BCUT2D eigenvalue weighted by atomic mass is 10.2. The van der Waals surface area contributed by atoms with E-state index in [1.165, 1.54) is 11.8 Å². The number of amides is 1. The Kier molecular flexibility index (Phi) is 5.98. The van der Waals surface area contributed by atoms with E-state index in [0.717, 1.165) is 42.6 Å². The molecular weight excluding hydrogens is 449 g/mol. The second kappa shape index (κ2) is 8.55. The van der Waals surface area contributed by atoms with Gasteiger partial charge in [0.05, 0.1) is 21.5 Å². The SMILES string of the molecule is CC(Sc1nnc(C2CC2)n1-c1ccccc1)C(=O)Nc1cc(C(F)(F)F)ccc1Cl. The minimum absolute atomic E-state index is 0.0297. The van der Waals surface area contributed by atoms with E-state index in [0.29, 0.717) is 11.1 Å². The molecule has 1 N–H and O–H groups in total. The zero-order valence-electron chi connectivity index (χ0n) is 16.4. The summed E-state index contributed by atoms with van der Waals surface area (Å²) < 4.78 is 40.9. The number of hydrogen-bond acceptors (Lipinski definition) is 4. The van der Waals surface area contributed by atoms with Gasteiger partial charge in [-0.1, -0.05) is 41.6 Å². The van der Waals surface area contributed by atoms with Gasteiger partial charge in [0.25, 0.3) is 0 Å². The number of nitrogens with zero attached hydrogens (tertiary/aromatic N) is 3. The fraction of sp³-hybridized carbons (Fsp3) is 0.286. The number of hydrogen-bond donors (Lipinski definition) is 1. The first-order chi connectivity index (χ1) is 14.7. The van der Waals surface area contributed by atoms with E-state index in [-0.39, 0.29) is 10.7 Å². The summed E-state index contributed by atoms with van der Waals surface area (Å²) >= 11 is 7.18. The molecule has 1 aromatic heterocycles. The van der Waals surface area contributed by atoms with Crippen molar-refractivity contribution in [2.24, 2.45) is 0 Å². The maximum Gasteiger partial charge on any atom is 0.416 e. The quantitative estimate of drug-likeness (QED) is 0.457. The van der Waals surface area contributed by atoms with Gasteiger partial charge in [-0.2, -0.15) is 13.2 Å². The third-order valence-electron chi connectivity index (χ3n) is 4.82. The van der Waals surface area contributed by atoms with Crippen molar-refractivity contribution in [3.05, 3.63) is 64.9 Å². The van der Waals surface area contributed by atoms with Gasteiger partial charge in [-0.15, -0.1) is 10.2 Å². The summed E-state index contributed by atoms with van der Waals surface area (Å²) in [6.07, 6.45) is -2.45. The molecule has 1 unspecified atom stereocenters. The van der Waals surface area contributed by atoms with Crippen LogP contribution in [0.2, 0.25) is 5.02 Å². The molecule has 0 aliphatic heterocycles. The lowest BCUT2D eigenvalue weighted by Crippen LogP contribution is -2.23. The molecule has 5 nitrogen and oxygen atoms in total. The van der Waals surface area contributed by atoms with E-state index in [4.69, 9.17) is 11.6 Å². The average molecular weight is 467 g/mol. The van der Waals surface area contributed by atoms with Gasteiger partial charge in [-0.25, -0.2) is 0 Å². The summed E-state index contributed by atoms with van der Waals surface area (Å²) in [7, 11) is 0. The van der Waals surface area contributed by atoms with Gasteiger partial charge in [0.15, 0.2) is 5.16 Å². The van der Waals surface area contributed by atoms with Crippen LogP contribution in [0.5, 0.6) is 0 Å². The molecule has 0 saturated heterocycles. The standard InChI is InChI=1S/C21H18ClF3N4OS/c1-12(19(30)26-17-11-14(21(23,24)25)9-10-16(17)22)31-20-28-27-18(13-7-8-13)29(20)15-5-3-2-4-6-15/h2-6,9-13H,7-8H2,1H3,(H,26,30). The van der Waals surface area contributed by atoms with Gasteiger partial charge in [-0.3, -0.25) is 9.36 Å². The Morgan fingerprint density at radius 1 is 1.19 bits per heavy atom. The molecule has 0 spiro atoms. The third-order valence-corrected chi connectivity index (χ3v) is 6.19. The largest absolute Gasteiger partial charge is 0.416 e. The fourth-order valence-corrected chi connectivity index (χ4v) is 4.07. The van der Waals surface area contributed by atoms with Crippen LogP contribution >= 0.6 is 23.4 Å². The first kappa shape index (κ1) is 21.7. The normalized spacial score (nSPS) is 15.0. The Hall–Kier alpha value is -2.52. The number of anilines is 1. The molecule has 1 atom stereocenters. The maximum atomic E-state index is 13.0. The summed E-state index contributed by atoms with van der Waals surface area (Å²) in [5, 5.41) is 11.0. The van der Waals surface area contributed by atoms with Gasteiger partial charge in [0.1, 0.15) is 5.82 Å². The highest BCUT2D eigenvalue weighted by atomic mass is 35.5. The summed E-state index contributed by atoms with van der Waals surface area (Å²) in [4.78, 5) is 12.7. The number of carbonyl (C=O) groups excluding carboxylic acids is 1. The number of para-hydroxylation sites is 1. The van der Waals surface area contributed by atoms with E-state index in [1.807, 2.05) is 34.9 Å². The van der Waals surface area contributed by atoms with Crippen LogP contribution in [0, 0.1) is 0 Å². The Balaban J connectivity index is 1.54. The number of rotatable bonds is 6. The minimum Gasteiger partial charge on any atom is -0.324 e. The number of alkyl halides is 3. The van der Waals surface area contributed by atoms with Gasteiger partial charge in [0.2, 0.25) is 5.91 Å².